The van der Waals surface area contributed by atoms with Crippen molar-refractivity contribution in [3.05, 3.63) is 40.6 Å². The Hall–Kier alpha value is -2.08. The zero-order chi connectivity index (χ0) is 13.1. The van der Waals surface area contributed by atoms with Crippen molar-refractivity contribution in [3.63, 3.8) is 0 Å². The maximum Gasteiger partial charge on any atom is 0.312 e. The molecule has 0 spiro atoms. The molecule has 1 aromatic carbocycles. The van der Waals surface area contributed by atoms with Crippen molar-refractivity contribution >= 4 is 44.7 Å². The first-order valence-electron chi connectivity index (χ1n) is 5.11. The number of carbonyl (C=O) groups excluding carboxylic acids is 2. The number of rotatable bonds is 2. The van der Waals surface area contributed by atoms with Gasteiger partial charge in [0.05, 0.1) is 0 Å². The standard InChI is InChI=1S/C12H10BrN3O2/c13-8-1-2-9-7(6-16-10(9)5-8)3-4-15-12(18)11(14)17/h1-6,16H,(H2,14,17)(H,15,18)/b4-3-. The Bertz CT molecular complexity index is 646. The molecule has 0 aliphatic carbocycles. The molecule has 18 heavy (non-hydrogen) atoms. The van der Waals surface area contributed by atoms with Crippen molar-refractivity contribution in [2.45, 2.75) is 0 Å². The molecule has 0 bridgehead atoms. The van der Waals surface area contributed by atoms with Crippen LogP contribution in [0.1, 0.15) is 5.56 Å². The number of carbonyl (C=O) groups is 2. The Morgan fingerprint density at radius 1 is 1.39 bits per heavy atom. The SMILES string of the molecule is NC(=O)C(=O)N/C=C\c1c[nH]c2cc(Br)ccc12. The third kappa shape index (κ3) is 2.60. The lowest BCUT2D eigenvalue weighted by molar-refractivity contribution is -0.136. The highest BCUT2D eigenvalue weighted by Crippen LogP contribution is 2.22. The van der Waals surface area contributed by atoms with Gasteiger partial charge in [0, 0.05) is 33.3 Å². The third-order valence-corrected chi connectivity index (χ3v) is 2.87. The molecule has 5 nitrogen and oxygen atoms in total. The van der Waals surface area contributed by atoms with Gasteiger partial charge in [-0.05, 0) is 18.2 Å². The minimum atomic E-state index is -1.01. The van der Waals surface area contributed by atoms with Crippen LogP contribution in [0.3, 0.4) is 0 Å². The average Bonchev–Trinajstić information content (AvgIpc) is 2.71. The van der Waals surface area contributed by atoms with Crippen LogP contribution in [0.25, 0.3) is 17.0 Å². The van der Waals surface area contributed by atoms with E-state index in [-0.39, 0.29) is 0 Å². The molecule has 0 aliphatic heterocycles. The topological polar surface area (TPSA) is 88.0 Å². The molecular weight excluding hydrogens is 298 g/mol. The number of H-pyrrole nitrogens is 1. The lowest BCUT2D eigenvalue weighted by Crippen LogP contribution is -2.32. The second-order valence-corrected chi connectivity index (χ2v) is 4.52. The molecule has 0 saturated heterocycles. The molecule has 92 valence electrons. The van der Waals surface area contributed by atoms with Gasteiger partial charge in [0.2, 0.25) is 0 Å². The first-order valence-corrected chi connectivity index (χ1v) is 5.90. The minimum absolute atomic E-state index is 0.839. The minimum Gasteiger partial charge on any atom is -0.361 e. The molecular formula is C12H10BrN3O2. The highest BCUT2D eigenvalue weighted by Gasteiger charge is 2.05. The van der Waals surface area contributed by atoms with Gasteiger partial charge in [0.1, 0.15) is 0 Å². The van der Waals surface area contributed by atoms with Crippen molar-refractivity contribution in [1.29, 1.82) is 0 Å². The van der Waals surface area contributed by atoms with Gasteiger partial charge in [0.25, 0.3) is 0 Å². The molecule has 2 aromatic rings. The maximum atomic E-state index is 10.9. The molecule has 0 atom stereocenters. The van der Waals surface area contributed by atoms with Crippen LogP contribution in [-0.4, -0.2) is 16.8 Å². The maximum absolute atomic E-state index is 10.9. The molecule has 0 fully saturated rings. The summed E-state index contributed by atoms with van der Waals surface area (Å²) in [6, 6.07) is 5.83. The molecule has 2 amide bonds. The van der Waals surface area contributed by atoms with E-state index in [1.807, 2.05) is 24.4 Å². The Morgan fingerprint density at radius 3 is 2.89 bits per heavy atom. The quantitative estimate of drug-likeness (QED) is 0.734. The normalized spacial score (nSPS) is 10.9. The van der Waals surface area contributed by atoms with Crippen LogP contribution in [0.2, 0.25) is 0 Å². The number of primary amides is 1. The summed E-state index contributed by atoms with van der Waals surface area (Å²) in [5, 5.41) is 3.30. The average molecular weight is 308 g/mol. The number of benzene rings is 1. The van der Waals surface area contributed by atoms with Gasteiger partial charge in [-0.2, -0.15) is 0 Å². The van der Waals surface area contributed by atoms with E-state index < -0.39 is 11.8 Å². The molecule has 2 rings (SSSR count). The molecule has 6 heteroatoms. The number of nitrogens with one attached hydrogen (secondary N) is 2. The van der Waals surface area contributed by atoms with Crippen LogP contribution in [-0.2, 0) is 9.59 Å². The highest BCUT2D eigenvalue weighted by atomic mass is 79.9. The number of fused-ring (bicyclic) bond motifs is 1. The number of nitrogens with two attached hydrogens (primary N) is 1. The van der Waals surface area contributed by atoms with Gasteiger partial charge < -0.3 is 16.0 Å². The van der Waals surface area contributed by atoms with E-state index in [4.69, 9.17) is 5.73 Å². The van der Waals surface area contributed by atoms with Crippen molar-refractivity contribution in [3.8, 4) is 0 Å². The van der Waals surface area contributed by atoms with Gasteiger partial charge in [-0.3, -0.25) is 9.59 Å². The zero-order valence-corrected chi connectivity index (χ0v) is 10.8. The fraction of sp³-hybridized carbons (Fsp3) is 0. The Labute approximate surface area is 111 Å². The van der Waals surface area contributed by atoms with E-state index in [2.05, 4.69) is 26.2 Å². The van der Waals surface area contributed by atoms with Crippen LogP contribution < -0.4 is 11.1 Å². The van der Waals surface area contributed by atoms with Crippen LogP contribution in [0.15, 0.2) is 35.1 Å². The lowest BCUT2D eigenvalue weighted by atomic mass is 10.2. The highest BCUT2D eigenvalue weighted by molar-refractivity contribution is 9.10. The number of amides is 2. The first kappa shape index (κ1) is 12.4. The largest absolute Gasteiger partial charge is 0.361 e. The molecule has 0 unspecified atom stereocenters. The second kappa shape index (κ2) is 5.05. The number of aromatic nitrogens is 1. The second-order valence-electron chi connectivity index (χ2n) is 3.60. The van der Waals surface area contributed by atoms with Gasteiger partial charge in [-0.1, -0.05) is 22.0 Å². The van der Waals surface area contributed by atoms with E-state index in [0.717, 1.165) is 20.9 Å². The fourth-order valence-corrected chi connectivity index (χ4v) is 1.90. The van der Waals surface area contributed by atoms with Crippen LogP contribution >= 0.6 is 15.9 Å². The summed E-state index contributed by atoms with van der Waals surface area (Å²) in [5.74, 6) is -1.85. The van der Waals surface area contributed by atoms with Gasteiger partial charge >= 0.3 is 11.8 Å². The summed E-state index contributed by atoms with van der Waals surface area (Å²) < 4.78 is 0.981. The monoisotopic (exact) mass is 307 g/mol. The van der Waals surface area contributed by atoms with Gasteiger partial charge in [-0.25, -0.2) is 0 Å². The van der Waals surface area contributed by atoms with Crippen molar-refractivity contribution < 1.29 is 9.59 Å². The van der Waals surface area contributed by atoms with Crippen molar-refractivity contribution in [2.24, 2.45) is 5.73 Å². The summed E-state index contributed by atoms with van der Waals surface area (Å²) in [6.45, 7) is 0. The van der Waals surface area contributed by atoms with Crippen molar-refractivity contribution in [2.75, 3.05) is 0 Å². The summed E-state index contributed by atoms with van der Waals surface area (Å²) in [7, 11) is 0. The number of hydrogen-bond donors (Lipinski definition) is 3. The lowest BCUT2D eigenvalue weighted by Gasteiger charge is -1.95. The zero-order valence-electron chi connectivity index (χ0n) is 9.24. The summed E-state index contributed by atoms with van der Waals surface area (Å²) >= 11 is 3.38. The van der Waals surface area contributed by atoms with Gasteiger partial charge in [-0.15, -0.1) is 0 Å². The van der Waals surface area contributed by atoms with Gasteiger partial charge in [0.15, 0.2) is 0 Å². The van der Waals surface area contributed by atoms with E-state index in [9.17, 15) is 9.59 Å². The molecule has 0 saturated carbocycles. The summed E-state index contributed by atoms with van der Waals surface area (Å²) in [5.41, 5.74) is 6.69. The Balaban J connectivity index is 2.20. The predicted molar refractivity (Wildman–Crippen MR) is 72.4 cm³/mol. The molecule has 1 aromatic heterocycles. The number of halogens is 1. The van der Waals surface area contributed by atoms with E-state index >= 15 is 0 Å². The smallest absolute Gasteiger partial charge is 0.312 e. The van der Waals surface area contributed by atoms with E-state index in [1.165, 1.54) is 6.20 Å². The molecule has 4 N–H and O–H groups in total. The summed E-state index contributed by atoms with van der Waals surface area (Å²) in [6.07, 6.45) is 4.88. The third-order valence-electron chi connectivity index (χ3n) is 2.38. The van der Waals surface area contributed by atoms with Crippen LogP contribution in [0.5, 0.6) is 0 Å². The summed E-state index contributed by atoms with van der Waals surface area (Å²) in [4.78, 5) is 24.5. The molecule has 0 aliphatic rings. The van der Waals surface area contributed by atoms with Crippen molar-refractivity contribution in [1.82, 2.24) is 10.3 Å². The number of hydrogen-bond acceptors (Lipinski definition) is 2. The molecule has 1 heterocycles. The van der Waals surface area contributed by atoms with E-state index in [1.54, 1.807) is 6.08 Å². The number of aromatic amines is 1. The van der Waals surface area contributed by atoms with Crippen LogP contribution in [0.4, 0.5) is 0 Å². The Kier molecular flexibility index (Phi) is 3.47. The fourth-order valence-electron chi connectivity index (χ4n) is 1.54. The first-order chi connectivity index (χ1) is 8.58. The Morgan fingerprint density at radius 2 is 2.17 bits per heavy atom. The molecule has 0 radical (unpaired) electrons. The predicted octanol–water partition coefficient (Wildman–Crippen LogP) is 1.50. The van der Waals surface area contributed by atoms with Crippen LogP contribution in [0, 0.1) is 0 Å². The van der Waals surface area contributed by atoms with E-state index in [0.29, 0.717) is 0 Å².